The summed E-state index contributed by atoms with van der Waals surface area (Å²) < 4.78 is 0. The van der Waals surface area contributed by atoms with Crippen molar-refractivity contribution in [1.82, 2.24) is 5.32 Å². The van der Waals surface area contributed by atoms with Crippen molar-refractivity contribution in [2.45, 2.75) is 24.7 Å². The Morgan fingerprint density at radius 1 is 1.75 bits per heavy atom. The molecule has 1 aliphatic rings. The van der Waals surface area contributed by atoms with E-state index >= 15 is 0 Å². The van der Waals surface area contributed by atoms with Crippen molar-refractivity contribution in [3.05, 3.63) is 0 Å². The number of hydrogen-bond donors (Lipinski definition) is 2. The van der Waals surface area contributed by atoms with Crippen molar-refractivity contribution in [1.29, 1.82) is 0 Å². The van der Waals surface area contributed by atoms with Gasteiger partial charge in [-0.25, -0.2) is 4.79 Å². The Morgan fingerprint density at radius 2 is 2.44 bits per heavy atom. The molecule has 0 aromatic carbocycles. The second kappa shape index (κ2) is 5.74. The SMILES string of the molecule is CSC(C)CNC(=O)C1CC(C(=O)O)=NO1. The van der Waals surface area contributed by atoms with Crippen molar-refractivity contribution in [3.8, 4) is 0 Å². The smallest absolute Gasteiger partial charge is 0.353 e. The quantitative estimate of drug-likeness (QED) is 0.717. The summed E-state index contributed by atoms with van der Waals surface area (Å²) in [6.45, 7) is 2.52. The molecule has 1 heterocycles. The van der Waals surface area contributed by atoms with Crippen LogP contribution in [0, 0.1) is 0 Å². The summed E-state index contributed by atoms with van der Waals surface area (Å²) in [5, 5.41) is 15.0. The van der Waals surface area contributed by atoms with Crippen molar-refractivity contribution >= 4 is 29.4 Å². The Labute approximate surface area is 97.4 Å². The second-order valence-electron chi connectivity index (χ2n) is 3.43. The van der Waals surface area contributed by atoms with Crippen LogP contribution in [0.2, 0.25) is 0 Å². The first kappa shape index (κ1) is 12.8. The van der Waals surface area contributed by atoms with E-state index in [1.807, 2.05) is 13.2 Å². The summed E-state index contributed by atoms with van der Waals surface area (Å²) in [7, 11) is 0. The van der Waals surface area contributed by atoms with Crippen LogP contribution in [0.15, 0.2) is 5.16 Å². The van der Waals surface area contributed by atoms with Gasteiger partial charge in [0.05, 0.1) is 0 Å². The number of carbonyl (C=O) groups is 2. The molecule has 0 bridgehead atoms. The van der Waals surface area contributed by atoms with Crippen LogP contribution < -0.4 is 5.32 Å². The van der Waals surface area contributed by atoms with Crippen molar-refractivity contribution in [2.24, 2.45) is 5.16 Å². The Hall–Kier alpha value is -1.24. The molecule has 2 unspecified atom stereocenters. The lowest BCUT2D eigenvalue weighted by atomic mass is 10.2. The minimum absolute atomic E-state index is 0.0226. The number of oxime groups is 1. The van der Waals surface area contributed by atoms with Gasteiger partial charge in [-0.3, -0.25) is 4.79 Å². The molecule has 6 nitrogen and oxygen atoms in total. The zero-order chi connectivity index (χ0) is 12.1. The van der Waals surface area contributed by atoms with Crippen LogP contribution in [0.4, 0.5) is 0 Å². The van der Waals surface area contributed by atoms with Gasteiger partial charge in [0.15, 0.2) is 5.71 Å². The lowest BCUT2D eigenvalue weighted by Crippen LogP contribution is -2.38. The minimum atomic E-state index is -1.15. The summed E-state index contributed by atoms with van der Waals surface area (Å²) in [5.41, 5.74) is -0.113. The fourth-order valence-electron chi connectivity index (χ4n) is 1.09. The fourth-order valence-corrected chi connectivity index (χ4v) is 1.34. The topological polar surface area (TPSA) is 88.0 Å². The summed E-state index contributed by atoms with van der Waals surface area (Å²) >= 11 is 1.64. The molecule has 1 rings (SSSR count). The van der Waals surface area contributed by atoms with Gasteiger partial charge in [-0.1, -0.05) is 12.1 Å². The normalized spacial score (nSPS) is 20.9. The molecule has 90 valence electrons. The molecule has 16 heavy (non-hydrogen) atoms. The third-order valence-corrected chi connectivity index (χ3v) is 3.15. The van der Waals surface area contributed by atoms with E-state index in [1.165, 1.54) is 0 Å². The maximum atomic E-state index is 11.5. The Morgan fingerprint density at radius 3 is 2.94 bits per heavy atom. The van der Waals surface area contributed by atoms with Gasteiger partial charge in [-0.05, 0) is 6.26 Å². The molecule has 2 N–H and O–H groups in total. The predicted molar refractivity (Wildman–Crippen MR) is 60.5 cm³/mol. The maximum Gasteiger partial charge on any atom is 0.353 e. The molecule has 0 saturated heterocycles. The average Bonchev–Trinajstić information content (AvgIpc) is 2.74. The number of carboxylic acid groups (broad SMARTS) is 1. The highest BCUT2D eigenvalue weighted by molar-refractivity contribution is 7.99. The average molecular weight is 246 g/mol. The van der Waals surface area contributed by atoms with Gasteiger partial charge in [-0.2, -0.15) is 11.8 Å². The molecule has 1 amide bonds. The molecule has 2 atom stereocenters. The Balaban J connectivity index is 2.33. The van der Waals surface area contributed by atoms with Gasteiger partial charge < -0.3 is 15.3 Å². The number of rotatable bonds is 5. The second-order valence-corrected chi connectivity index (χ2v) is 4.71. The van der Waals surface area contributed by atoms with Crippen LogP contribution in [-0.4, -0.2) is 46.8 Å². The molecule has 0 spiro atoms. The zero-order valence-electron chi connectivity index (χ0n) is 9.10. The number of carboxylic acids is 1. The first-order valence-electron chi connectivity index (χ1n) is 4.81. The Bertz CT molecular complexity index is 319. The van der Waals surface area contributed by atoms with Gasteiger partial charge in [0.2, 0.25) is 6.10 Å². The Kier molecular flexibility index (Phi) is 4.60. The van der Waals surface area contributed by atoms with E-state index < -0.39 is 12.1 Å². The summed E-state index contributed by atoms with van der Waals surface area (Å²) in [6.07, 6.45) is 1.17. The minimum Gasteiger partial charge on any atom is -0.477 e. The van der Waals surface area contributed by atoms with Crippen LogP contribution in [0.5, 0.6) is 0 Å². The molecule has 0 saturated carbocycles. The molecular weight excluding hydrogens is 232 g/mol. The number of thioether (sulfide) groups is 1. The van der Waals surface area contributed by atoms with Gasteiger partial charge in [0.25, 0.3) is 5.91 Å². The lowest BCUT2D eigenvalue weighted by molar-refractivity contribution is -0.131. The van der Waals surface area contributed by atoms with Crippen molar-refractivity contribution < 1.29 is 19.5 Å². The van der Waals surface area contributed by atoms with Crippen LogP contribution in [0.3, 0.4) is 0 Å². The van der Waals surface area contributed by atoms with Crippen molar-refractivity contribution in [3.63, 3.8) is 0 Å². The number of aliphatic carboxylic acids is 1. The molecule has 1 aliphatic heterocycles. The monoisotopic (exact) mass is 246 g/mol. The first-order chi connectivity index (χ1) is 7.54. The molecule has 0 fully saturated rings. The number of nitrogens with one attached hydrogen (secondary N) is 1. The van der Waals surface area contributed by atoms with E-state index in [1.54, 1.807) is 11.8 Å². The van der Waals surface area contributed by atoms with Crippen molar-refractivity contribution in [2.75, 3.05) is 12.8 Å². The van der Waals surface area contributed by atoms with E-state index in [4.69, 9.17) is 9.94 Å². The highest BCUT2D eigenvalue weighted by atomic mass is 32.2. The highest BCUT2D eigenvalue weighted by Crippen LogP contribution is 2.11. The van der Waals surface area contributed by atoms with Crippen LogP contribution >= 0.6 is 11.8 Å². The number of amides is 1. The number of hydrogen-bond acceptors (Lipinski definition) is 5. The molecule has 0 aromatic heterocycles. The molecule has 0 aromatic rings. The fraction of sp³-hybridized carbons (Fsp3) is 0.667. The van der Waals surface area contributed by atoms with Crippen LogP contribution in [0.1, 0.15) is 13.3 Å². The predicted octanol–water partition coefficient (Wildman–Crippen LogP) is 0.0836. The maximum absolute atomic E-state index is 11.5. The summed E-state index contributed by atoms with van der Waals surface area (Å²) in [6, 6.07) is 0. The van der Waals surface area contributed by atoms with Gasteiger partial charge in [0.1, 0.15) is 0 Å². The lowest BCUT2D eigenvalue weighted by Gasteiger charge is -2.12. The first-order valence-corrected chi connectivity index (χ1v) is 6.10. The van der Waals surface area contributed by atoms with Gasteiger partial charge in [0, 0.05) is 18.2 Å². The molecular formula is C9H14N2O4S. The zero-order valence-corrected chi connectivity index (χ0v) is 9.91. The molecule has 7 heteroatoms. The van der Waals surface area contributed by atoms with E-state index in [0.29, 0.717) is 11.8 Å². The van der Waals surface area contributed by atoms with E-state index in [-0.39, 0.29) is 18.0 Å². The third kappa shape index (κ3) is 3.41. The van der Waals surface area contributed by atoms with Crippen LogP contribution in [-0.2, 0) is 14.4 Å². The van der Waals surface area contributed by atoms with E-state index in [0.717, 1.165) is 0 Å². The van der Waals surface area contributed by atoms with Gasteiger partial charge >= 0.3 is 5.97 Å². The summed E-state index contributed by atoms with van der Waals surface area (Å²) in [4.78, 5) is 26.8. The van der Waals surface area contributed by atoms with E-state index in [2.05, 4.69) is 10.5 Å². The highest BCUT2D eigenvalue weighted by Gasteiger charge is 2.31. The molecule has 0 aliphatic carbocycles. The number of carbonyl (C=O) groups excluding carboxylic acids is 1. The van der Waals surface area contributed by atoms with Gasteiger partial charge in [-0.15, -0.1) is 0 Å². The number of nitrogens with zero attached hydrogens (tertiary/aromatic N) is 1. The largest absolute Gasteiger partial charge is 0.477 e. The van der Waals surface area contributed by atoms with E-state index in [9.17, 15) is 9.59 Å². The standard InChI is InChI=1S/C9H14N2O4S/c1-5(16-2)4-10-8(12)7-3-6(9(13)14)11-15-7/h5,7H,3-4H2,1-2H3,(H,10,12)(H,13,14). The third-order valence-electron chi connectivity index (χ3n) is 2.17. The molecule has 0 radical (unpaired) electrons. The summed E-state index contributed by atoms with van der Waals surface area (Å²) in [5.74, 6) is -1.46. The van der Waals surface area contributed by atoms with Crippen LogP contribution in [0.25, 0.3) is 0 Å².